The highest BCUT2D eigenvalue weighted by atomic mass is 79.9. The van der Waals surface area contributed by atoms with Crippen molar-refractivity contribution < 1.29 is 0 Å². The van der Waals surface area contributed by atoms with E-state index in [9.17, 15) is 0 Å². The predicted octanol–water partition coefficient (Wildman–Crippen LogP) is 5.23. The summed E-state index contributed by atoms with van der Waals surface area (Å²) in [6.45, 7) is 3.36. The van der Waals surface area contributed by atoms with E-state index in [2.05, 4.69) is 86.4 Å². The smallest absolute Gasteiger partial charge is 0.0946 e. The van der Waals surface area contributed by atoms with Crippen molar-refractivity contribution >= 4 is 39.5 Å². The third-order valence-electron chi connectivity index (χ3n) is 4.06. The van der Waals surface area contributed by atoms with Gasteiger partial charge in [0.15, 0.2) is 0 Å². The maximum Gasteiger partial charge on any atom is 0.0946 e. The second kappa shape index (κ2) is 7.45. The first kappa shape index (κ1) is 16.5. The Bertz CT molecular complexity index is 585. The van der Waals surface area contributed by atoms with Gasteiger partial charge in [0.25, 0.3) is 0 Å². The van der Waals surface area contributed by atoms with Crippen LogP contribution in [0.1, 0.15) is 25.3 Å². The molecule has 0 bridgehead atoms. The fourth-order valence-electron chi connectivity index (χ4n) is 2.76. The van der Waals surface area contributed by atoms with Crippen molar-refractivity contribution in [2.75, 3.05) is 5.75 Å². The van der Waals surface area contributed by atoms with Gasteiger partial charge in [-0.2, -0.15) is 0 Å². The van der Waals surface area contributed by atoms with E-state index in [-0.39, 0.29) is 4.08 Å². The minimum absolute atomic E-state index is 0.286. The lowest BCUT2D eigenvalue weighted by molar-refractivity contribution is 0.592. The maximum absolute atomic E-state index is 4.20. The van der Waals surface area contributed by atoms with Crippen molar-refractivity contribution in [1.82, 2.24) is 9.55 Å². The van der Waals surface area contributed by atoms with Gasteiger partial charge < -0.3 is 4.57 Å². The van der Waals surface area contributed by atoms with Crippen LogP contribution in [0.15, 0.2) is 47.5 Å². The Hall–Kier alpha value is -0.390. The highest BCUT2D eigenvalue weighted by Crippen LogP contribution is 2.52. The van der Waals surface area contributed by atoms with Gasteiger partial charge in [-0.25, -0.2) is 4.98 Å². The van der Waals surface area contributed by atoms with Crippen LogP contribution in [0.4, 0.5) is 0 Å². The monoisotopic (exact) mass is 396 g/mol. The quantitative estimate of drug-likeness (QED) is 0.665. The lowest BCUT2D eigenvalue weighted by atomic mass is 10.1. The second-order valence-corrected chi connectivity index (χ2v) is 9.99. The number of rotatable bonds is 6. The number of halogens is 1. The zero-order valence-electron chi connectivity index (χ0n) is 12.7. The molecule has 0 saturated carbocycles. The molecule has 2 aromatic rings. The van der Waals surface area contributed by atoms with Gasteiger partial charge in [0.05, 0.1) is 10.4 Å². The first-order chi connectivity index (χ1) is 10.7. The molecule has 0 radical (unpaired) electrons. The van der Waals surface area contributed by atoms with Gasteiger partial charge in [0, 0.05) is 34.4 Å². The molecule has 1 fully saturated rings. The van der Waals surface area contributed by atoms with Crippen molar-refractivity contribution in [3.63, 3.8) is 0 Å². The van der Waals surface area contributed by atoms with Gasteiger partial charge in [-0.15, -0.1) is 23.5 Å². The van der Waals surface area contributed by atoms with E-state index in [1.165, 1.54) is 24.2 Å². The molecular formula is C17H21BrN2S2. The third kappa shape index (κ3) is 4.12. The van der Waals surface area contributed by atoms with Gasteiger partial charge >= 0.3 is 0 Å². The maximum atomic E-state index is 4.20. The van der Waals surface area contributed by atoms with Crippen LogP contribution in [-0.2, 0) is 13.0 Å². The van der Waals surface area contributed by atoms with E-state index in [1.54, 1.807) is 0 Å². The molecule has 22 heavy (non-hydrogen) atoms. The van der Waals surface area contributed by atoms with Crippen molar-refractivity contribution in [3.05, 3.63) is 53.0 Å². The molecule has 2 nitrogen and oxygen atoms in total. The topological polar surface area (TPSA) is 17.8 Å². The highest BCUT2D eigenvalue weighted by Gasteiger charge is 2.40. The molecule has 118 valence electrons. The van der Waals surface area contributed by atoms with Gasteiger partial charge in [0.1, 0.15) is 0 Å². The first-order valence-corrected chi connectivity index (χ1v) is 10.4. The molecule has 0 N–H and O–H groups in total. The fraction of sp³-hybridized carbons (Fsp3) is 0.471. The lowest BCUT2D eigenvalue weighted by Crippen LogP contribution is -2.25. The lowest BCUT2D eigenvalue weighted by Gasteiger charge is -2.28. The number of nitrogens with zero attached hydrogens (tertiary/aromatic N) is 2. The average Bonchev–Trinajstić information content (AvgIpc) is 3.17. The molecule has 0 spiro atoms. The van der Waals surface area contributed by atoms with Crippen LogP contribution in [0.2, 0.25) is 0 Å². The second-order valence-electron chi connectivity index (χ2n) is 5.73. The molecule has 1 aliphatic rings. The normalized spacial score (nSPS) is 24.7. The number of benzene rings is 1. The molecule has 0 amide bonds. The molecule has 1 aromatic carbocycles. The van der Waals surface area contributed by atoms with E-state index >= 15 is 0 Å². The minimum Gasteiger partial charge on any atom is -0.335 e. The van der Waals surface area contributed by atoms with Crippen LogP contribution in [-0.4, -0.2) is 24.6 Å². The molecule has 1 aliphatic heterocycles. The van der Waals surface area contributed by atoms with E-state index < -0.39 is 0 Å². The Morgan fingerprint density at radius 2 is 2.18 bits per heavy atom. The van der Waals surface area contributed by atoms with Gasteiger partial charge in [0.2, 0.25) is 0 Å². The molecule has 2 unspecified atom stereocenters. The Labute approximate surface area is 149 Å². The summed E-state index contributed by atoms with van der Waals surface area (Å²) in [5.74, 6) is 1.27. The molecule has 1 saturated heterocycles. The standard InChI is InChI=1S/C17H21BrN2S2/c1-2-16-11-21-17(22-16,12-20-10-9-19-13-20)8-7-14-3-5-15(18)6-4-14/h3-6,9-10,13,16H,2,7-8,11-12H2,1H3. The Kier molecular flexibility index (Phi) is 5.58. The zero-order chi connectivity index (χ0) is 15.4. The molecule has 1 aromatic heterocycles. The summed E-state index contributed by atoms with van der Waals surface area (Å²) in [5.41, 5.74) is 1.43. The van der Waals surface area contributed by atoms with Crippen LogP contribution < -0.4 is 0 Å². The van der Waals surface area contributed by atoms with Crippen molar-refractivity contribution in [1.29, 1.82) is 0 Å². The predicted molar refractivity (Wildman–Crippen MR) is 102 cm³/mol. The summed E-state index contributed by atoms with van der Waals surface area (Å²) in [5, 5.41) is 0.790. The van der Waals surface area contributed by atoms with Gasteiger partial charge in [-0.05, 0) is 37.0 Å². The summed E-state index contributed by atoms with van der Waals surface area (Å²) in [6.07, 6.45) is 9.52. The number of aryl methyl sites for hydroxylation is 1. The summed E-state index contributed by atoms with van der Waals surface area (Å²) >= 11 is 7.84. The van der Waals surface area contributed by atoms with E-state index in [0.29, 0.717) is 0 Å². The minimum atomic E-state index is 0.286. The highest BCUT2D eigenvalue weighted by molar-refractivity contribution is 9.10. The van der Waals surface area contributed by atoms with Crippen LogP contribution in [0.25, 0.3) is 0 Å². The van der Waals surface area contributed by atoms with E-state index in [0.717, 1.165) is 22.7 Å². The number of imidazole rings is 1. The number of hydrogen-bond acceptors (Lipinski definition) is 3. The molecule has 2 atom stereocenters. The van der Waals surface area contributed by atoms with Crippen molar-refractivity contribution in [2.24, 2.45) is 0 Å². The number of aromatic nitrogens is 2. The molecule has 5 heteroatoms. The first-order valence-electron chi connectivity index (χ1n) is 7.71. The summed E-state index contributed by atoms with van der Waals surface area (Å²) in [7, 11) is 0. The average molecular weight is 397 g/mol. The molecule has 3 rings (SSSR count). The van der Waals surface area contributed by atoms with Crippen molar-refractivity contribution in [2.45, 2.75) is 42.1 Å². The van der Waals surface area contributed by atoms with E-state index in [4.69, 9.17) is 0 Å². The Morgan fingerprint density at radius 3 is 2.82 bits per heavy atom. The number of thioether (sulfide) groups is 2. The SMILES string of the molecule is CCC1CSC(CCc2ccc(Br)cc2)(Cn2ccnc2)S1. The largest absolute Gasteiger partial charge is 0.335 e. The van der Waals surface area contributed by atoms with Gasteiger partial charge in [-0.1, -0.05) is 35.0 Å². The van der Waals surface area contributed by atoms with Crippen LogP contribution in [0, 0.1) is 0 Å². The molecule has 2 heterocycles. The van der Waals surface area contributed by atoms with E-state index in [1.807, 2.05) is 12.5 Å². The number of hydrogen-bond donors (Lipinski definition) is 0. The van der Waals surface area contributed by atoms with Crippen LogP contribution in [0.5, 0.6) is 0 Å². The van der Waals surface area contributed by atoms with Crippen LogP contribution in [0.3, 0.4) is 0 Å². The Morgan fingerprint density at radius 1 is 1.36 bits per heavy atom. The van der Waals surface area contributed by atoms with Gasteiger partial charge in [-0.3, -0.25) is 0 Å². The Balaban J connectivity index is 1.70. The summed E-state index contributed by atoms with van der Waals surface area (Å²) in [4.78, 5) is 4.20. The van der Waals surface area contributed by atoms with Crippen LogP contribution >= 0.6 is 39.5 Å². The van der Waals surface area contributed by atoms with Crippen molar-refractivity contribution in [3.8, 4) is 0 Å². The molecule has 0 aliphatic carbocycles. The summed E-state index contributed by atoms with van der Waals surface area (Å²) < 4.78 is 3.67. The summed E-state index contributed by atoms with van der Waals surface area (Å²) in [6, 6.07) is 8.75. The fourth-order valence-corrected chi connectivity index (χ4v) is 6.81. The molecular weight excluding hydrogens is 376 g/mol. The zero-order valence-corrected chi connectivity index (χ0v) is 16.0. The third-order valence-corrected chi connectivity index (χ3v) is 8.47.